The molecule has 32 heavy (non-hydrogen) atoms. The maximum Gasteiger partial charge on any atom is 0.272 e. The normalized spacial score (nSPS) is 15.1. The number of hydrogen-bond donors (Lipinski definition) is 1. The first kappa shape index (κ1) is 21.2. The van der Waals surface area contributed by atoms with Crippen molar-refractivity contribution in [1.82, 2.24) is 14.5 Å². The number of fused-ring (bicyclic) bond motifs is 2. The molecule has 0 fully saturated rings. The monoisotopic (exact) mass is 480 g/mol. The third-order valence-corrected chi connectivity index (χ3v) is 8.11. The van der Waals surface area contributed by atoms with Crippen LogP contribution in [0.4, 0.5) is 5.13 Å². The Hall–Kier alpha value is -2.62. The quantitative estimate of drug-likeness (QED) is 0.323. The third-order valence-electron chi connectivity index (χ3n) is 5.02. The molecule has 5 rings (SSSR count). The molecule has 4 aromatic rings. The fourth-order valence-corrected chi connectivity index (χ4v) is 6.48. The van der Waals surface area contributed by atoms with E-state index in [1.807, 2.05) is 49.4 Å². The van der Waals surface area contributed by atoms with Gasteiger partial charge in [0.1, 0.15) is 0 Å². The van der Waals surface area contributed by atoms with Crippen molar-refractivity contribution in [3.63, 3.8) is 0 Å². The van der Waals surface area contributed by atoms with Gasteiger partial charge in [-0.3, -0.25) is 14.2 Å². The maximum atomic E-state index is 13.3. The molecule has 3 heterocycles. The van der Waals surface area contributed by atoms with Crippen LogP contribution in [0.2, 0.25) is 0 Å². The van der Waals surface area contributed by atoms with Gasteiger partial charge in [-0.25, -0.2) is 9.97 Å². The van der Waals surface area contributed by atoms with Crippen LogP contribution >= 0.6 is 34.9 Å². The summed E-state index contributed by atoms with van der Waals surface area (Å²) in [6, 6.07) is 15.5. The fourth-order valence-electron chi connectivity index (χ4n) is 3.57. The lowest BCUT2D eigenvalue weighted by atomic mass is 10.2. The number of hydrogen-bond acceptors (Lipinski definition) is 7. The second-order valence-corrected chi connectivity index (χ2v) is 11.0. The number of carbonyl (C=O) groups excluding carboxylic acids is 1. The van der Waals surface area contributed by atoms with Gasteiger partial charge in [0.05, 0.1) is 32.2 Å². The summed E-state index contributed by atoms with van der Waals surface area (Å²) >= 11 is 4.29. The number of thiazole rings is 1. The zero-order valence-electron chi connectivity index (χ0n) is 17.5. The Balaban J connectivity index is 1.39. The fraction of sp³-hybridized carbons (Fsp3) is 0.217. The molecule has 1 N–H and O–H groups in total. The molecule has 0 saturated carbocycles. The number of nitrogens with zero attached hydrogens (tertiary/aromatic N) is 3. The molecule has 2 aromatic heterocycles. The van der Waals surface area contributed by atoms with Gasteiger partial charge in [0, 0.05) is 11.7 Å². The minimum atomic E-state index is -0.178. The topological polar surface area (TPSA) is 76.9 Å². The molecule has 0 saturated heterocycles. The molecule has 9 heteroatoms. The van der Waals surface area contributed by atoms with E-state index in [0.29, 0.717) is 20.4 Å². The molecule has 0 bridgehead atoms. The largest absolute Gasteiger partial charge is 0.301 e. The molecule has 0 radical (unpaired) electrons. The molecular formula is C23H20N4O2S3. The lowest BCUT2D eigenvalue weighted by Gasteiger charge is -2.13. The summed E-state index contributed by atoms with van der Waals surface area (Å²) in [5.41, 5.74) is 3.53. The van der Waals surface area contributed by atoms with Crippen molar-refractivity contribution < 1.29 is 4.79 Å². The van der Waals surface area contributed by atoms with Crippen LogP contribution in [0.25, 0.3) is 15.9 Å². The van der Waals surface area contributed by atoms with E-state index in [1.165, 1.54) is 23.1 Å². The minimum absolute atomic E-state index is 0.0694. The summed E-state index contributed by atoms with van der Waals surface area (Å²) in [5, 5.41) is 4.31. The molecule has 1 atom stereocenters. The van der Waals surface area contributed by atoms with Gasteiger partial charge in [0.25, 0.3) is 5.56 Å². The minimum Gasteiger partial charge on any atom is -0.301 e. The van der Waals surface area contributed by atoms with Crippen LogP contribution in [0.1, 0.15) is 18.2 Å². The van der Waals surface area contributed by atoms with E-state index >= 15 is 0 Å². The second-order valence-electron chi connectivity index (χ2n) is 7.61. The van der Waals surface area contributed by atoms with Crippen molar-refractivity contribution in [3.05, 3.63) is 70.1 Å². The number of para-hydroxylation sites is 1. The van der Waals surface area contributed by atoms with Crippen LogP contribution < -0.4 is 10.9 Å². The number of aromatic nitrogens is 3. The van der Waals surface area contributed by atoms with Crippen molar-refractivity contribution in [3.8, 4) is 5.69 Å². The molecule has 1 unspecified atom stereocenters. The first-order valence-electron chi connectivity index (χ1n) is 10.2. The van der Waals surface area contributed by atoms with Crippen LogP contribution in [0.5, 0.6) is 0 Å². The third kappa shape index (κ3) is 4.20. The average molecular weight is 481 g/mol. The van der Waals surface area contributed by atoms with E-state index in [9.17, 15) is 9.59 Å². The van der Waals surface area contributed by atoms with Crippen LogP contribution in [0.15, 0.2) is 63.4 Å². The van der Waals surface area contributed by atoms with Gasteiger partial charge in [-0.2, -0.15) is 0 Å². The highest BCUT2D eigenvalue weighted by atomic mass is 32.2. The number of aryl methyl sites for hydroxylation is 1. The molecule has 6 nitrogen and oxygen atoms in total. The van der Waals surface area contributed by atoms with Crippen molar-refractivity contribution in [1.29, 1.82) is 0 Å². The molecular weight excluding hydrogens is 460 g/mol. The van der Waals surface area contributed by atoms with Gasteiger partial charge in [-0.05, 0) is 36.8 Å². The van der Waals surface area contributed by atoms with Crippen molar-refractivity contribution >= 4 is 56.1 Å². The number of nitrogens with one attached hydrogen (secondary N) is 1. The van der Waals surface area contributed by atoms with Crippen molar-refractivity contribution in [2.75, 3.05) is 11.1 Å². The van der Waals surface area contributed by atoms with Gasteiger partial charge in [0.15, 0.2) is 10.3 Å². The molecule has 0 spiro atoms. The standard InChI is InChI=1S/C23H20N4O2S3/c1-13-8-9-16-18(10-13)32-22(24-16)26-19(28)12-30-23-25-17-11-14(2)31-20(17)21(29)27(23)15-6-4-3-5-7-15/h3-10,14H,11-12H2,1-2H3,(H,24,26,28). The highest BCUT2D eigenvalue weighted by molar-refractivity contribution is 8.00. The summed E-state index contributed by atoms with van der Waals surface area (Å²) in [7, 11) is 0. The Bertz CT molecular complexity index is 1380. The number of rotatable bonds is 5. The van der Waals surface area contributed by atoms with Gasteiger partial charge in [-0.15, -0.1) is 11.8 Å². The Labute approximate surface area is 197 Å². The van der Waals surface area contributed by atoms with Crippen molar-refractivity contribution in [2.45, 2.75) is 35.6 Å². The van der Waals surface area contributed by atoms with E-state index in [4.69, 9.17) is 4.98 Å². The molecule has 1 amide bonds. The summed E-state index contributed by atoms with van der Waals surface area (Å²) in [4.78, 5) is 35.9. The average Bonchev–Trinajstić information content (AvgIpc) is 3.34. The van der Waals surface area contributed by atoms with E-state index in [-0.39, 0.29) is 17.2 Å². The molecule has 1 aliphatic heterocycles. The highest BCUT2D eigenvalue weighted by Gasteiger charge is 2.27. The first-order valence-corrected chi connectivity index (χ1v) is 12.8. The number of anilines is 1. The number of benzene rings is 2. The Morgan fingerprint density at radius 1 is 1.22 bits per heavy atom. The van der Waals surface area contributed by atoms with E-state index in [1.54, 1.807) is 16.3 Å². The van der Waals surface area contributed by atoms with Gasteiger partial charge in [-0.1, -0.05) is 54.3 Å². The molecule has 1 aliphatic rings. The zero-order chi connectivity index (χ0) is 22.2. The van der Waals surface area contributed by atoms with Gasteiger partial charge in [0.2, 0.25) is 5.91 Å². The van der Waals surface area contributed by atoms with Crippen LogP contribution in [-0.4, -0.2) is 31.4 Å². The Kier molecular flexibility index (Phi) is 5.79. The lowest BCUT2D eigenvalue weighted by molar-refractivity contribution is -0.113. The molecule has 2 aromatic carbocycles. The van der Waals surface area contributed by atoms with Crippen LogP contribution in [0, 0.1) is 6.92 Å². The van der Waals surface area contributed by atoms with E-state index in [2.05, 4.69) is 23.3 Å². The van der Waals surface area contributed by atoms with E-state index in [0.717, 1.165) is 33.6 Å². The molecule has 0 aliphatic carbocycles. The predicted molar refractivity (Wildman–Crippen MR) is 133 cm³/mol. The maximum absolute atomic E-state index is 13.3. The van der Waals surface area contributed by atoms with Crippen molar-refractivity contribution in [2.24, 2.45) is 0 Å². The highest BCUT2D eigenvalue weighted by Crippen LogP contribution is 2.35. The van der Waals surface area contributed by atoms with Gasteiger partial charge < -0.3 is 5.32 Å². The van der Waals surface area contributed by atoms with Crippen LogP contribution in [0.3, 0.4) is 0 Å². The Morgan fingerprint density at radius 2 is 2.03 bits per heavy atom. The number of carbonyl (C=O) groups is 1. The number of amides is 1. The SMILES string of the molecule is Cc1ccc2nc(NC(=O)CSc3nc4c(c(=O)n3-c3ccccc3)SC(C)C4)sc2c1. The number of thioether (sulfide) groups is 2. The lowest BCUT2D eigenvalue weighted by Crippen LogP contribution is -2.24. The first-order chi connectivity index (χ1) is 15.5. The second kappa shape index (κ2) is 8.73. The smallest absolute Gasteiger partial charge is 0.272 e. The van der Waals surface area contributed by atoms with Crippen LogP contribution in [-0.2, 0) is 11.2 Å². The summed E-state index contributed by atoms with van der Waals surface area (Å²) in [6.45, 7) is 4.13. The van der Waals surface area contributed by atoms with Gasteiger partial charge >= 0.3 is 0 Å². The molecule has 162 valence electrons. The van der Waals surface area contributed by atoms with E-state index < -0.39 is 0 Å². The zero-order valence-corrected chi connectivity index (χ0v) is 19.9. The predicted octanol–water partition coefficient (Wildman–Crippen LogP) is 4.92. The summed E-state index contributed by atoms with van der Waals surface area (Å²) < 4.78 is 2.65. The Morgan fingerprint density at radius 3 is 2.84 bits per heavy atom. The summed E-state index contributed by atoms with van der Waals surface area (Å²) in [6.07, 6.45) is 0.760. The summed E-state index contributed by atoms with van der Waals surface area (Å²) in [5.74, 6) is -0.0433.